The first-order chi connectivity index (χ1) is 11.8. The molecule has 1 N–H and O–H groups in total. The van der Waals surface area contributed by atoms with Crippen LogP contribution >= 0.6 is 11.3 Å². The molecular formula is C17H22N4O2S. The molecule has 0 saturated carbocycles. The fraction of sp³-hybridized carbons (Fsp3) is 0.529. The number of nitrogens with zero attached hydrogens (tertiary/aromatic N) is 4. The normalized spacial score (nSPS) is 18.0. The zero-order chi connectivity index (χ0) is 16.5. The molecule has 1 fully saturated rings. The van der Waals surface area contributed by atoms with Crippen molar-refractivity contribution in [3.05, 3.63) is 34.9 Å². The maximum Gasteiger partial charge on any atom is 0.230 e. The predicted molar refractivity (Wildman–Crippen MR) is 92.5 cm³/mol. The molecule has 24 heavy (non-hydrogen) atoms. The van der Waals surface area contributed by atoms with E-state index in [0.29, 0.717) is 0 Å². The molecule has 0 aromatic carbocycles. The topological polar surface area (TPSA) is 66.8 Å². The third-order valence-corrected chi connectivity index (χ3v) is 5.70. The average Bonchev–Trinajstić information content (AvgIpc) is 3.25. The van der Waals surface area contributed by atoms with Gasteiger partial charge in [0, 0.05) is 6.42 Å². The number of furan rings is 1. The lowest BCUT2D eigenvalue weighted by molar-refractivity contribution is 0.209. The van der Waals surface area contributed by atoms with Crippen LogP contribution in [0.4, 0.5) is 0 Å². The summed E-state index contributed by atoms with van der Waals surface area (Å²) in [4.78, 5) is 8.52. The van der Waals surface area contributed by atoms with E-state index in [1.807, 2.05) is 19.1 Å². The summed E-state index contributed by atoms with van der Waals surface area (Å²) in [6, 6.07) is 3.82. The molecule has 0 radical (unpaired) electrons. The summed E-state index contributed by atoms with van der Waals surface area (Å²) in [6.45, 7) is 4.04. The number of aromatic nitrogens is 3. The monoisotopic (exact) mass is 346 g/mol. The molecule has 0 bridgehead atoms. The number of hydrogen-bond donors (Lipinski definition) is 1. The van der Waals surface area contributed by atoms with E-state index in [-0.39, 0.29) is 11.9 Å². The lowest BCUT2D eigenvalue weighted by Gasteiger charge is -2.28. The molecule has 4 heterocycles. The molecule has 3 aromatic rings. The molecule has 6 nitrogen and oxygen atoms in total. The van der Waals surface area contributed by atoms with Gasteiger partial charge in [0.15, 0.2) is 5.82 Å². The maximum absolute atomic E-state index is 10.8. The SMILES string of the molecule is CCc1nc2sc(C(c3ccco3)N3CCCCCC3)c(O)n2n1. The van der Waals surface area contributed by atoms with Gasteiger partial charge in [-0.3, -0.25) is 4.90 Å². The first kappa shape index (κ1) is 15.7. The van der Waals surface area contributed by atoms with Crippen LogP contribution < -0.4 is 0 Å². The van der Waals surface area contributed by atoms with Crippen LogP contribution in [0.2, 0.25) is 0 Å². The summed E-state index contributed by atoms with van der Waals surface area (Å²) in [7, 11) is 0. The lowest BCUT2D eigenvalue weighted by atomic mass is 10.1. The smallest absolute Gasteiger partial charge is 0.230 e. The second-order valence-corrected chi connectivity index (χ2v) is 7.24. The van der Waals surface area contributed by atoms with E-state index < -0.39 is 0 Å². The van der Waals surface area contributed by atoms with Crippen LogP contribution in [-0.2, 0) is 6.42 Å². The van der Waals surface area contributed by atoms with Gasteiger partial charge in [-0.2, -0.15) is 4.52 Å². The van der Waals surface area contributed by atoms with Crippen LogP contribution in [0.3, 0.4) is 0 Å². The van der Waals surface area contributed by atoms with E-state index in [9.17, 15) is 5.11 Å². The Morgan fingerprint density at radius 2 is 2.08 bits per heavy atom. The van der Waals surface area contributed by atoms with Crippen LogP contribution in [0, 0.1) is 0 Å². The number of aryl methyl sites for hydroxylation is 1. The molecule has 1 aliphatic rings. The zero-order valence-electron chi connectivity index (χ0n) is 13.8. The fourth-order valence-electron chi connectivity index (χ4n) is 3.39. The first-order valence-electron chi connectivity index (χ1n) is 8.62. The van der Waals surface area contributed by atoms with Gasteiger partial charge in [0.25, 0.3) is 0 Å². The van der Waals surface area contributed by atoms with Gasteiger partial charge in [0.2, 0.25) is 10.8 Å². The number of fused-ring (bicyclic) bond motifs is 1. The van der Waals surface area contributed by atoms with Crippen molar-refractivity contribution in [2.24, 2.45) is 0 Å². The van der Waals surface area contributed by atoms with Gasteiger partial charge in [0.1, 0.15) is 11.8 Å². The van der Waals surface area contributed by atoms with Crippen molar-refractivity contribution in [2.75, 3.05) is 13.1 Å². The third kappa shape index (κ3) is 2.71. The van der Waals surface area contributed by atoms with E-state index >= 15 is 0 Å². The molecule has 3 aromatic heterocycles. The highest BCUT2D eigenvalue weighted by Gasteiger charge is 2.31. The second-order valence-electron chi connectivity index (χ2n) is 6.23. The predicted octanol–water partition coefficient (Wildman–Crippen LogP) is 3.62. The summed E-state index contributed by atoms with van der Waals surface area (Å²) >= 11 is 1.50. The third-order valence-electron chi connectivity index (χ3n) is 4.63. The molecule has 1 atom stereocenters. The van der Waals surface area contributed by atoms with E-state index in [4.69, 9.17) is 4.42 Å². The van der Waals surface area contributed by atoms with Gasteiger partial charge in [0.05, 0.1) is 11.1 Å². The highest BCUT2D eigenvalue weighted by Crippen LogP contribution is 2.40. The minimum atomic E-state index is -0.0725. The Hall–Kier alpha value is -1.86. The Kier molecular flexibility index (Phi) is 4.28. The number of hydrogen-bond acceptors (Lipinski definition) is 6. The van der Waals surface area contributed by atoms with E-state index in [2.05, 4.69) is 15.0 Å². The maximum atomic E-state index is 10.8. The molecule has 1 unspecified atom stereocenters. The molecule has 0 spiro atoms. The molecule has 7 heteroatoms. The molecule has 4 rings (SSSR count). The standard InChI is InChI=1S/C17H22N4O2S/c1-2-13-18-17-21(19-13)16(22)15(24-17)14(12-8-7-11-23-12)20-9-5-3-4-6-10-20/h7-8,11,14,22H,2-6,9-10H2,1H3. The highest BCUT2D eigenvalue weighted by molar-refractivity contribution is 7.17. The second kappa shape index (κ2) is 6.57. The van der Waals surface area contributed by atoms with Crippen molar-refractivity contribution in [1.29, 1.82) is 0 Å². The van der Waals surface area contributed by atoms with Crippen LogP contribution in [-0.4, -0.2) is 37.7 Å². The van der Waals surface area contributed by atoms with Crippen molar-refractivity contribution >= 4 is 16.3 Å². The summed E-state index contributed by atoms with van der Waals surface area (Å²) in [5.41, 5.74) is 0. The Bertz CT molecular complexity index is 800. The Morgan fingerprint density at radius 3 is 2.71 bits per heavy atom. The van der Waals surface area contributed by atoms with E-state index in [1.165, 1.54) is 37.0 Å². The quantitative estimate of drug-likeness (QED) is 0.781. The van der Waals surface area contributed by atoms with Crippen molar-refractivity contribution in [3.63, 3.8) is 0 Å². The Morgan fingerprint density at radius 1 is 1.29 bits per heavy atom. The number of likely N-dealkylation sites (tertiary alicyclic amines) is 1. The van der Waals surface area contributed by atoms with Crippen LogP contribution in [0.1, 0.15) is 55.1 Å². The van der Waals surface area contributed by atoms with Crippen molar-refractivity contribution in [3.8, 4) is 5.88 Å². The van der Waals surface area contributed by atoms with Crippen LogP contribution in [0.15, 0.2) is 22.8 Å². The Balaban J connectivity index is 1.78. The van der Waals surface area contributed by atoms with Gasteiger partial charge >= 0.3 is 0 Å². The Labute approximate surface area is 144 Å². The van der Waals surface area contributed by atoms with Gasteiger partial charge < -0.3 is 9.52 Å². The van der Waals surface area contributed by atoms with Crippen LogP contribution in [0.25, 0.3) is 4.96 Å². The average molecular weight is 346 g/mol. The number of thiazole rings is 1. The molecule has 1 aliphatic heterocycles. The molecule has 0 amide bonds. The van der Waals surface area contributed by atoms with Gasteiger partial charge in [-0.15, -0.1) is 5.10 Å². The van der Waals surface area contributed by atoms with Crippen molar-refractivity contribution in [1.82, 2.24) is 19.5 Å². The minimum absolute atomic E-state index is 0.0725. The summed E-state index contributed by atoms with van der Waals surface area (Å²) in [6.07, 6.45) is 7.35. The first-order valence-corrected chi connectivity index (χ1v) is 9.44. The molecule has 0 aliphatic carbocycles. The van der Waals surface area contributed by atoms with Crippen LogP contribution in [0.5, 0.6) is 5.88 Å². The largest absolute Gasteiger partial charge is 0.492 e. The molecule has 128 valence electrons. The number of aromatic hydroxyl groups is 1. The lowest BCUT2D eigenvalue weighted by Crippen LogP contribution is -2.30. The fourth-order valence-corrected chi connectivity index (χ4v) is 4.51. The highest BCUT2D eigenvalue weighted by atomic mass is 32.1. The zero-order valence-corrected chi connectivity index (χ0v) is 14.6. The van der Waals surface area contributed by atoms with Gasteiger partial charge in [-0.05, 0) is 38.1 Å². The summed E-state index contributed by atoms with van der Waals surface area (Å²) in [5, 5.41) is 15.2. The van der Waals surface area contributed by atoms with Crippen molar-refractivity contribution < 1.29 is 9.52 Å². The van der Waals surface area contributed by atoms with E-state index in [0.717, 1.165) is 40.9 Å². The van der Waals surface area contributed by atoms with Crippen molar-refractivity contribution in [2.45, 2.75) is 45.1 Å². The van der Waals surface area contributed by atoms with Gasteiger partial charge in [-0.1, -0.05) is 31.1 Å². The summed E-state index contributed by atoms with van der Waals surface area (Å²) < 4.78 is 7.28. The summed E-state index contributed by atoms with van der Waals surface area (Å²) in [5.74, 6) is 1.81. The number of rotatable bonds is 4. The molecular weight excluding hydrogens is 324 g/mol. The van der Waals surface area contributed by atoms with E-state index in [1.54, 1.807) is 10.8 Å². The van der Waals surface area contributed by atoms with Gasteiger partial charge in [-0.25, -0.2) is 4.98 Å². The minimum Gasteiger partial charge on any atom is -0.492 e. The molecule has 1 saturated heterocycles.